The van der Waals surface area contributed by atoms with Gasteiger partial charge in [-0.15, -0.1) is 0 Å². The zero-order valence-electron chi connectivity index (χ0n) is 17.0. The molecule has 5 heteroatoms. The number of fused-ring (bicyclic) bond motifs is 1. The topological polar surface area (TPSA) is 57.3 Å². The predicted molar refractivity (Wildman–Crippen MR) is 119 cm³/mol. The van der Waals surface area contributed by atoms with Gasteiger partial charge in [0.15, 0.2) is 11.5 Å². The van der Waals surface area contributed by atoms with E-state index in [9.17, 15) is 4.79 Å². The van der Waals surface area contributed by atoms with E-state index in [0.717, 1.165) is 27.7 Å². The molecule has 0 radical (unpaired) electrons. The third-order valence-corrected chi connectivity index (χ3v) is 5.24. The predicted octanol–water partition coefficient (Wildman–Crippen LogP) is 5.86. The van der Waals surface area contributed by atoms with Crippen molar-refractivity contribution in [3.63, 3.8) is 0 Å². The zero-order valence-corrected chi connectivity index (χ0v) is 17.0. The summed E-state index contributed by atoms with van der Waals surface area (Å²) >= 11 is 0. The Bertz CT molecular complexity index is 1350. The summed E-state index contributed by atoms with van der Waals surface area (Å²) in [5.41, 5.74) is 3.68. The van der Waals surface area contributed by atoms with Crippen molar-refractivity contribution in [2.24, 2.45) is 7.05 Å². The van der Waals surface area contributed by atoms with E-state index in [1.807, 2.05) is 103 Å². The fraction of sp³-hybridized carbons (Fsp3) is 0.0769. The second-order valence-electron chi connectivity index (χ2n) is 7.27. The molecule has 0 unspecified atom stereocenters. The van der Waals surface area contributed by atoms with E-state index in [2.05, 4.69) is 4.98 Å². The number of nitrogens with zero attached hydrogens (tertiary/aromatic N) is 2. The number of ether oxygens (including phenoxy) is 1. The lowest BCUT2D eigenvalue weighted by Gasteiger charge is -2.05. The standard InChI is InChI=1S/C26H20N2O3/c1-28-21-15-9-8-14-20(21)16-22(28)24-23(26(29)30-17-18-10-4-2-5-11-18)27-25(31-24)19-12-6-3-7-13-19/h2-16H,17H2,1H3. The number of rotatable bonds is 5. The molecule has 2 aromatic heterocycles. The summed E-state index contributed by atoms with van der Waals surface area (Å²) in [6.07, 6.45) is 0. The van der Waals surface area contributed by atoms with Crippen LogP contribution in [-0.2, 0) is 18.4 Å². The minimum absolute atomic E-state index is 0.167. The molecule has 0 saturated carbocycles. The summed E-state index contributed by atoms with van der Waals surface area (Å²) in [7, 11) is 1.95. The Morgan fingerprint density at radius 1 is 0.935 bits per heavy atom. The lowest BCUT2D eigenvalue weighted by Crippen LogP contribution is -2.08. The summed E-state index contributed by atoms with van der Waals surface area (Å²) in [6.45, 7) is 0.168. The Balaban J connectivity index is 1.58. The smallest absolute Gasteiger partial charge is 0.361 e. The monoisotopic (exact) mass is 408 g/mol. The maximum atomic E-state index is 13.0. The van der Waals surface area contributed by atoms with E-state index < -0.39 is 5.97 Å². The molecule has 0 spiro atoms. The number of oxazole rings is 1. The van der Waals surface area contributed by atoms with Crippen molar-refractivity contribution in [2.75, 3.05) is 0 Å². The van der Waals surface area contributed by atoms with Crippen LogP contribution in [0.25, 0.3) is 33.8 Å². The fourth-order valence-corrected chi connectivity index (χ4v) is 3.63. The molecule has 5 rings (SSSR count). The van der Waals surface area contributed by atoms with Crippen molar-refractivity contribution in [3.8, 4) is 22.9 Å². The minimum atomic E-state index is -0.518. The van der Waals surface area contributed by atoms with Gasteiger partial charge in [0.1, 0.15) is 6.61 Å². The van der Waals surface area contributed by atoms with E-state index in [0.29, 0.717) is 11.7 Å². The molecular weight excluding hydrogens is 388 g/mol. The Morgan fingerprint density at radius 2 is 1.61 bits per heavy atom. The Labute approximate surface area is 179 Å². The minimum Gasteiger partial charge on any atom is -0.456 e. The summed E-state index contributed by atoms with van der Waals surface area (Å²) in [4.78, 5) is 17.6. The number of esters is 1. The molecule has 0 amide bonds. The van der Waals surface area contributed by atoms with E-state index >= 15 is 0 Å². The number of aryl methyl sites for hydroxylation is 1. The molecule has 3 aromatic carbocycles. The molecule has 0 aliphatic heterocycles. The van der Waals surface area contributed by atoms with Crippen molar-refractivity contribution in [2.45, 2.75) is 6.61 Å². The zero-order chi connectivity index (χ0) is 21.2. The number of aromatic nitrogens is 2. The third kappa shape index (κ3) is 3.62. The highest BCUT2D eigenvalue weighted by molar-refractivity contribution is 5.96. The van der Waals surface area contributed by atoms with Crippen LogP contribution in [0.15, 0.2) is 95.4 Å². The van der Waals surface area contributed by atoms with Crippen LogP contribution in [0, 0.1) is 0 Å². The summed E-state index contributed by atoms with van der Waals surface area (Å²) in [6, 6.07) is 29.1. The van der Waals surface area contributed by atoms with Gasteiger partial charge in [0.2, 0.25) is 5.89 Å². The molecular formula is C26H20N2O3. The number of carbonyl (C=O) groups excluding carboxylic acids is 1. The molecule has 0 N–H and O–H groups in total. The van der Waals surface area contributed by atoms with Crippen molar-refractivity contribution < 1.29 is 13.9 Å². The Morgan fingerprint density at radius 3 is 2.35 bits per heavy atom. The Kier molecular flexibility index (Phi) is 4.84. The van der Waals surface area contributed by atoms with E-state index in [1.54, 1.807) is 0 Å². The van der Waals surface area contributed by atoms with Crippen LogP contribution >= 0.6 is 0 Å². The highest BCUT2D eigenvalue weighted by atomic mass is 16.5. The number of benzene rings is 3. The fourth-order valence-electron chi connectivity index (χ4n) is 3.63. The van der Waals surface area contributed by atoms with Crippen molar-refractivity contribution in [1.29, 1.82) is 0 Å². The third-order valence-electron chi connectivity index (χ3n) is 5.24. The molecule has 152 valence electrons. The number of para-hydroxylation sites is 1. The van der Waals surface area contributed by atoms with Crippen LogP contribution in [0.5, 0.6) is 0 Å². The highest BCUT2D eigenvalue weighted by Crippen LogP contribution is 2.33. The first-order valence-corrected chi connectivity index (χ1v) is 10.0. The first kappa shape index (κ1) is 18.9. The van der Waals surface area contributed by atoms with Gasteiger partial charge in [0, 0.05) is 23.5 Å². The quantitative estimate of drug-likeness (QED) is 0.342. The van der Waals surface area contributed by atoms with E-state index in [1.165, 1.54) is 0 Å². The lowest BCUT2D eigenvalue weighted by molar-refractivity contribution is 0.0467. The van der Waals surface area contributed by atoms with Gasteiger partial charge in [-0.25, -0.2) is 9.78 Å². The molecule has 0 aliphatic rings. The Hall–Kier alpha value is -4.12. The second-order valence-corrected chi connectivity index (χ2v) is 7.27. The van der Waals surface area contributed by atoms with Gasteiger partial charge in [-0.2, -0.15) is 0 Å². The SMILES string of the molecule is Cn1c(-c2oc(-c3ccccc3)nc2C(=O)OCc2ccccc2)cc2ccccc21. The molecule has 5 aromatic rings. The molecule has 0 atom stereocenters. The average molecular weight is 408 g/mol. The first-order valence-electron chi connectivity index (χ1n) is 10.0. The lowest BCUT2D eigenvalue weighted by atomic mass is 10.2. The van der Waals surface area contributed by atoms with E-state index in [-0.39, 0.29) is 12.3 Å². The molecule has 0 bridgehead atoms. The van der Waals surface area contributed by atoms with Crippen LogP contribution in [0.3, 0.4) is 0 Å². The summed E-state index contributed by atoms with van der Waals surface area (Å²) < 4.78 is 13.7. The summed E-state index contributed by atoms with van der Waals surface area (Å²) in [5.74, 6) is 0.262. The maximum Gasteiger partial charge on any atom is 0.361 e. The summed E-state index contributed by atoms with van der Waals surface area (Å²) in [5, 5.41) is 1.06. The molecule has 0 saturated heterocycles. The normalized spacial score (nSPS) is 11.0. The van der Waals surface area contributed by atoms with Crippen LogP contribution in [0.4, 0.5) is 0 Å². The number of carbonyl (C=O) groups is 1. The van der Waals surface area contributed by atoms with Gasteiger partial charge < -0.3 is 13.7 Å². The number of hydrogen-bond donors (Lipinski definition) is 0. The van der Waals surface area contributed by atoms with Crippen LogP contribution in [0.2, 0.25) is 0 Å². The molecule has 0 fully saturated rings. The van der Waals surface area contributed by atoms with Crippen molar-refractivity contribution >= 4 is 16.9 Å². The van der Waals surface area contributed by atoms with Gasteiger partial charge in [0.25, 0.3) is 0 Å². The van der Waals surface area contributed by atoms with Crippen molar-refractivity contribution in [3.05, 3.63) is 102 Å². The maximum absolute atomic E-state index is 13.0. The molecule has 5 nitrogen and oxygen atoms in total. The van der Waals surface area contributed by atoms with Gasteiger partial charge in [0.05, 0.1) is 5.69 Å². The second kappa shape index (κ2) is 7.95. The largest absolute Gasteiger partial charge is 0.456 e. The van der Waals surface area contributed by atoms with Gasteiger partial charge >= 0.3 is 5.97 Å². The van der Waals surface area contributed by atoms with Gasteiger partial charge in [-0.3, -0.25) is 0 Å². The first-order chi connectivity index (χ1) is 15.2. The number of hydrogen-bond acceptors (Lipinski definition) is 4. The van der Waals surface area contributed by atoms with Crippen molar-refractivity contribution in [1.82, 2.24) is 9.55 Å². The van der Waals surface area contributed by atoms with Crippen LogP contribution in [0.1, 0.15) is 16.1 Å². The van der Waals surface area contributed by atoms with Crippen LogP contribution < -0.4 is 0 Å². The molecule has 0 aliphatic carbocycles. The van der Waals surface area contributed by atoms with Gasteiger partial charge in [-0.05, 0) is 29.8 Å². The molecule has 2 heterocycles. The van der Waals surface area contributed by atoms with E-state index in [4.69, 9.17) is 9.15 Å². The average Bonchev–Trinajstić information content (AvgIpc) is 3.41. The molecule has 31 heavy (non-hydrogen) atoms. The highest BCUT2D eigenvalue weighted by Gasteiger charge is 2.26. The van der Waals surface area contributed by atoms with Crippen LogP contribution in [-0.4, -0.2) is 15.5 Å². The van der Waals surface area contributed by atoms with Gasteiger partial charge in [-0.1, -0.05) is 66.7 Å².